The summed E-state index contributed by atoms with van der Waals surface area (Å²) in [7, 11) is 0. The highest BCUT2D eigenvalue weighted by atomic mass is 16.5. The SMILES string of the molecule is CCc1cc2ccc1OCC=CCOc1ccccc1C(=O)NC(C(=O)NC1(C#N)CC1)C2. The molecule has 170 valence electrons. The Balaban J connectivity index is 1.67. The lowest BCUT2D eigenvalue weighted by Crippen LogP contribution is -2.51. The number of fused-ring (bicyclic) bond motifs is 9. The van der Waals surface area contributed by atoms with E-state index in [2.05, 4.69) is 16.7 Å². The molecule has 1 aliphatic carbocycles. The number of rotatable bonds is 3. The number of nitrogens with zero attached hydrogens (tertiary/aromatic N) is 1. The molecule has 2 bridgehead atoms. The zero-order valence-electron chi connectivity index (χ0n) is 18.6. The van der Waals surface area contributed by atoms with E-state index in [4.69, 9.17) is 9.47 Å². The molecular weight excluding hydrogens is 418 g/mol. The molecule has 2 aromatic rings. The van der Waals surface area contributed by atoms with Gasteiger partial charge in [-0.2, -0.15) is 5.26 Å². The number of nitriles is 1. The number of carbonyl (C=O) groups excluding carboxylic acids is 2. The highest BCUT2D eigenvalue weighted by Crippen LogP contribution is 2.34. The Bertz CT molecular complexity index is 1110. The van der Waals surface area contributed by atoms with Crippen molar-refractivity contribution < 1.29 is 19.1 Å². The van der Waals surface area contributed by atoms with Crippen LogP contribution in [0.15, 0.2) is 54.6 Å². The Morgan fingerprint density at radius 3 is 2.58 bits per heavy atom. The van der Waals surface area contributed by atoms with E-state index in [0.29, 0.717) is 30.8 Å². The molecular formula is C26H27N3O4. The second kappa shape index (κ2) is 9.78. The summed E-state index contributed by atoms with van der Waals surface area (Å²) in [6, 6.07) is 14.1. The Labute approximate surface area is 193 Å². The van der Waals surface area contributed by atoms with E-state index in [9.17, 15) is 14.9 Å². The minimum atomic E-state index is -0.847. The highest BCUT2D eigenvalue weighted by Gasteiger charge is 2.45. The van der Waals surface area contributed by atoms with Crippen LogP contribution in [-0.2, 0) is 17.6 Å². The predicted molar refractivity (Wildman–Crippen MR) is 123 cm³/mol. The molecule has 0 radical (unpaired) electrons. The van der Waals surface area contributed by atoms with Crippen LogP contribution in [0.5, 0.6) is 11.5 Å². The smallest absolute Gasteiger partial charge is 0.255 e. The molecule has 1 atom stereocenters. The number of aryl methyl sites for hydroxylation is 1. The van der Waals surface area contributed by atoms with Gasteiger partial charge in [-0.15, -0.1) is 0 Å². The van der Waals surface area contributed by atoms with Crippen molar-refractivity contribution in [2.24, 2.45) is 0 Å². The molecule has 0 saturated heterocycles. The fourth-order valence-corrected chi connectivity index (χ4v) is 3.76. The minimum Gasteiger partial charge on any atom is -0.489 e. The average Bonchev–Trinajstić information content (AvgIpc) is 3.60. The molecule has 2 amide bonds. The normalized spacial score (nSPS) is 19.3. The molecule has 5 rings (SSSR count). The number of ether oxygens (including phenoxy) is 2. The third-order valence-corrected chi connectivity index (χ3v) is 5.86. The van der Waals surface area contributed by atoms with Crippen molar-refractivity contribution in [3.05, 3.63) is 71.3 Å². The Hall–Kier alpha value is -3.79. The molecule has 7 heteroatoms. The number of amides is 2. The maximum atomic E-state index is 13.2. The van der Waals surface area contributed by atoms with Gasteiger partial charge in [-0.1, -0.05) is 31.2 Å². The summed E-state index contributed by atoms with van der Waals surface area (Å²) < 4.78 is 11.7. The first kappa shape index (κ1) is 22.4. The summed E-state index contributed by atoms with van der Waals surface area (Å²) in [4.78, 5) is 26.3. The monoisotopic (exact) mass is 445 g/mol. The molecule has 1 saturated carbocycles. The van der Waals surface area contributed by atoms with Crippen LogP contribution < -0.4 is 20.1 Å². The lowest BCUT2D eigenvalue weighted by molar-refractivity contribution is -0.123. The first-order valence-corrected chi connectivity index (χ1v) is 11.2. The van der Waals surface area contributed by atoms with Gasteiger partial charge in [0.15, 0.2) is 0 Å². The van der Waals surface area contributed by atoms with Crippen LogP contribution in [0.2, 0.25) is 0 Å². The van der Waals surface area contributed by atoms with Gasteiger partial charge in [0.1, 0.15) is 36.3 Å². The third kappa shape index (κ3) is 5.35. The van der Waals surface area contributed by atoms with Gasteiger partial charge in [0.05, 0.1) is 11.6 Å². The molecule has 1 unspecified atom stereocenters. The summed E-state index contributed by atoms with van der Waals surface area (Å²) in [5.74, 6) is 0.442. The quantitative estimate of drug-likeness (QED) is 0.707. The first-order chi connectivity index (χ1) is 16.0. The lowest BCUT2D eigenvalue weighted by atomic mass is 10.00. The van der Waals surface area contributed by atoms with Crippen molar-refractivity contribution in [3.8, 4) is 17.6 Å². The first-order valence-electron chi connectivity index (χ1n) is 11.2. The van der Waals surface area contributed by atoms with Gasteiger partial charge in [0.25, 0.3) is 5.91 Å². The highest BCUT2D eigenvalue weighted by molar-refractivity contribution is 6.00. The fourth-order valence-electron chi connectivity index (χ4n) is 3.76. The topological polar surface area (TPSA) is 100 Å². The molecule has 2 aliphatic heterocycles. The van der Waals surface area contributed by atoms with Gasteiger partial charge in [-0.3, -0.25) is 9.59 Å². The number of hydrogen-bond donors (Lipinski definition) is 2. The van der Waals surface area contributed by atoms with Crippen LogP contribution in [-0.4, -0.2) is 36.6 Å². The standard InChI is InChI=1S/C26H27N3O4/c1-2-19-15-18-9-10-22(19)32-13-5-6-14-33-23-8-4-3-7-20(23)24(30)28-21(16-18)25(31)29-26(17-27)11-12-26/h3-10,15,21H,2,11-14,16H2,1H3,(H,28,30)(H,29,31). The van der Waals surface area contributed by atoms with Gasteiger partial charge in [-0.25, -0.2) is 0 Å². The van der Waals surface area contributed by atoms with Gasteiger partial charge in [0, 0.05) is 6.42 Å². The van der Waals surface area contributed by atoms with Crippen molar-refractivity contribution in [1.29, 1.82) is 5.26 Å². The van der Waals surface area contributed by atoms with Crippen LogP contribution in [0.25, 0.3) is 0 Å². The molecule has 1 fully saturated rings. The van der Waals surface area contributed by atoms with Crippen LogP contribution in [0.4, 0.5) is 0 Å². The maximum Gasteiger partial charge on any atom is 0.255 e. The predicted octanol–water partition coefficient (Wildman–Crippen LogP) is 3.09. The number of para-hydroxylation sites is 1. The summed E-state index contributed by atoms with van der Waals surface area (Å²) in [5.41, 5.74) is 1.44. The second-order valence-electron chi connectivity index (χ2n) is 8.30. The third-order valence-electron chi connectivity index (χ3n) is 5.86. The average molecular weight is 446 g/mol. The van der Waals surface area contributed by atoms with Crippen molar-refractivity contribution in [3.63, 3.8) is 0 Å². The number of hydrogen-bond acceptors (Lipinski definition) is 5. The largest absolute Gasteiger partial charge is 0.489 e. The Morgan fingerprint density at radius 1 is 1.15 bits per heavy atom. The maximum absolute atomic E-state index is 13.2. The van der Waals surface area contributed by atoms with Crippen molar-refractivity contribution in [2.45, 2.75) is 44.2 Å². The molecule has 0 spiro atoms. The van der Waals surface area contributed by atoms with E-state index in [-0.39, 0.29) is 18.9 Å². The molecule has 0 aromatic heterocycles. The zero-order chi connectivity index (χ0) is 23.3. The number of nitrogens with one attached hydrogen (secondary N) is 2. The number of carbonyl (C=O) groups is 2. The van der Waals surface area contributed by atoms with Gasteiger partial charge in [-0.05, 0) is 60.7 Å². The van der Waals surface area contributed by atoms with Crippen LogP contribution >= 0.6 is 0 Å². The Morgan fingerprint density at radius 2 is 1.88 bits per heavy atom. The van der Waals surface area contributed by atoms with Crippen molar-refractivity contribution in [2.75, 3.05) is 13.2 Å². The Kier molecular flexibility index (Phi) is 6.64. The van der Waals surface area contributed by atoms with Gasteiger partial charge < -0.3 is 20.1 Å². The van der Waals surface area contributed by atoms with Gasteiger partial charge in [0.2, 0.25) is 5.91 Å². The second-order valence-corrected chi connectivity index (χ2v) is 8.30. The summed E-state index contributed by atoms with van der Waals surface area (Å²) >= 11 is 0. The van der Waals surface area contributed by atoms with Crippen molar-refractivity contribution >= 4 is 11.8 Å². The van der Waals surface area contributed by atoms with E-state index in [1.165, 1.54) is 0 Å². The van der Waals surface area contributed by atoms with E-state index in [0.717, 1.165) is 23.3 Å². The van der Waals surface area contributed by atoms with Crippen LogP contribution in [0.3, 0.4) is 0 Å². The summed E-state index contributed by atoms with van der Waals surface area (Å²) in [6.07, 6.45) is 6.01. The minimum absolute atomic E-state index is 0.280. The van der Waals surface area contributed by atoms with Gasteiger partial charge >= 0.3 is 0 Å². The van der Waals surface area contributed by atoms with Crippen LogP contribution in [0.1, 0.15) is 41.3 Å². The van der Waals surface area contributed by atoms with E-state index < -0.39 is 17.5 Å². The molecule has 2 heterocycles. The van der Waals surface area contributed by atoms with E-state index in [1.807, 2.05) is 37.3 Å². The molecule has 3 aliphatic rings. The fraction of sp³-hybridized carbons (Fsp3) is 0.346. The number of benzene rings is 2. The molecule has 2 N–H and O–H groups in total. The lowest BCUT2D eigenvalue weighted by Gasteiger charge is -2.22. The van der Waals surface area contributed by atoms with E-state index >= 15 is 0 Å². The van der Waals surface area contributed by atoms with Crippen molar-refractivity contribution in [1.82, 2.24) is 10.6 Å². The molecule has 33 heavy (non-hydrogen) atoms. The molecule has 7 nitrogen and oxygen atoms in total. The zero-order valence-corrected chi connectivity index (χ0v) is 18.6. The molecule has 2 aromatic carbocycles. The summed E-state index contributed by atoms with van der Waals surface area (Å²) in [5, 5.41) is 15.1. The summed E-state index contributed by atoms with van der Waals surface area (Å²) in [6.45, 7) is 2.72. The van der Waals surface area contributed by atoms with Crippen LogP contribution in [0, 0.1) is 11.3 Å². The van der Waals surface area contributed by atoms with E-state index in [1.54, 1.807) is 24.3 Å².